The van der Waals surface area contributed by atoms with Crippen molar-refractivity contribution in [3.8, 4) is 23.0 Å². The number of benzene rings is 4. The number of nitrogens with zero attached hydrogens (tertiary/aromatic N) is 7. The minimum Gasteiger partial charge on any atom is -0.506 e. The topological polar surface area (TPSA) is 255 Å². The van der Waals surface area contributed by atoms with Gasteiger partial charge in [-0.2, -0.15) is 10.2 Å². The Kier molecular flexibility index (Phi) is 34.7. The second kappa shape index (κ2) is 40.3. The highest BCUT2D eigenvalue weighted by Gasteiger charge is 2.30. The van der Waals surface area contributed by atoms with Crippen LogP contribution in [0.3, 0.4) is 0 Å². The smallest absolute Gasteiger partial charge is 0.410 e. The molecule has 5 N–H and O–H groups in total. The Hall–Kier alpha value is -5.82. The molecule has 0 aliphatic carbocycles. The van der Waals surface area contributed by atoms with E-state index < -0.39 is 11.2 Å². The summed E-state index contributed by atoms with van der Waals surface area (Å²) in [5.41, 5.74) is 4.59. The molecule has 528 valence electrons. The van der Waals surface area contributed by atoms with Gasteiger partial charge in [-0.25, -0.2) is 19.0 Å². The van der Waals surface area contributed by atoms with Crippen LogP contribution in [0, 0.1) is 0 Å². The Bertz CT molecular complexity index is 3550. The molecule has 0 atom stereocenters. The van der Waals surface area contributed by atoms with Crippen molar-refractivity contribution in [3.63, 3.8) is 0 Å². The van der Waals surface area contributed by atoms with Crippen molar-refractivity contribution in [2.45, 2.75) is 135 Å². The lowest BCUT2D eigenvalue weighted by atomic mass is 10.1. The lowest BCUT2D eigenvalue weighted by Gasteiger charge is -2.33. The summed E-state index contributed by atoms with van der Waals surface area (Å²) in [5, 5.41) is 32.6. The Balaban J connectivity index is 0.000000255. The van der Waals surface area contributed by atoms with Crippen LogP contribution in [-0.4, -0.2) is 151 Å². The predicted octanol–water partition coefficient (Wildman–Crippen LogP) is 14.5. The third kappa shape index (κ3) is 28.9. The molecule has 0 unspecified atom stereocenters. The number of aliphatic hydroxyl groups is 1. The monoisotopic (exact) mass is 1510 g/mol. The number of aromatic hydroxyl groups is 1. The van der Waals surface area contributed by atoms with Crippen LogP contribution >= 0.6 is 105 Å². The number of amides is 3. The number of aromatic nitrogens is 4. The van der Waals surface area contributed by atoms with Gasteiger partial charge < -0.3 is 59.6 Å². The first-order valence-electron chi connectivity index (χ1n) is 30.7. The number of nitrogens with two attached hydrogens (primary N) is 1. The maximum Gasteiger partial charge on any atom is 0.410 e. The average Bonchev–Trinajstić information content (AvgIpc) is 1.77. The summed E-state index contributed by atoms with van der Waals surface area (Å²) in [7, 11) is 3.12. The number of aryl methyl sites for hydroxylation is 2. The van der Waals surface area contributed by atoms with E-state index in [1.165, 1.54) is 33.6 Å². The summed E-state index contributed by atoms with van der Waals surface area (Å²) >= 11 is 47.2. The number of aliphatic hydroxyl groups excluding tert-OH is 1. The molecule has 4 aliphatic heterocycles. The molecule has 4 aromatic carbocycles. The highest BCUT2D eigenvalue weighted by molar-refractivity contribution is 6.44. The average molecular weight is 1510 g/mol. The molecule has 0 radical (unpaired) electrons. The largest absolute Gasteiger partial charge is 0.506 e. The van der Waals surface area contributed by atoms with Gasteiger partial charge in [0.1, 0.15) is 78.4 Å². The minimum absolute atomic E-state index is 0. The number of hydrogen-bond donors (Lipinski definition) is 4. The third-order valence-corrected chi connectivity index (χ3v) is 17.4. The van der Waals surface area contributed by atoms with E-state index in [1.807, 2.05) is 53.7 Å². The summed E-state index contributed by atoms with van der Waals surface area (Å²) in [6, 6.07) is 26.7. The fourth-order valence-corrected chi connectivity index (χ4v) is 10.5. The van der Waals surface area contributed by atoms with Crippen LogP contribution < -0.4 is 36.4 Å². The summed E-state index contributed by atoms with van der Waals surface area (Å²) in [6.07, 6.45) is 5.89. The van der Waals surface area contributed by atoms with Crippen LogP contribution in [0.1, 0.15) is 98.6 Å². The Labute approximate surface area is 606 Å². The molecule has 30 heteroatoms. The van der Waals surface area contributed by atoms with Crippen molar-refractivity contribution in [2.75, 3.05) is 58.1 Å². The number of ether oxygens (including phenoxy) is 5. The van der Waals surface area contributed by atoms with Crippen molar-refractivity contribution in [1.82, 2.24) is 39.6 Å². The molecular weight excluding hydrogens is 1430 g/mol. The van der Waals surface area contributed by atoms with Gasteiger partial charge in [-0.1, -0.05) is 117 Å². The number of hydrogen-bond acceptors (Lipinski definition) is 16. The van der Waals surface area contributed by atoms with Gasteiger partial charge in [0.05, 0.1) is 38.3 Å². The molecule has 0 bridgehead atoms. The van der Waals surface area contributed by atoms with E-state index in [2.05, 4.69) is 15.5 Å². The molecule has 6 heterocycles. The first-order chi connectivity index (χ1) is 44.8. The SMILES string of the molecule is CC(C)(C)OC(=O)N1CCC(O)CC1.CC(C)(C)OC(=O)N1CCC(Oc2cccc(Cl)c2Cl)CC1.Cl.Clc1cccc(OC2CCNCC2)c1Cl.Cn1nc(CC(=O)N2CCC(Oc3cccc(Cl)c3Cl)CC2)ccc1=O.Cn1nc(N)ccc1=O.Oc1cccc(Cl)c1Cl. The molecule has 6 aromatic rings. The van der Waals surface area contributed by atoms with Crippen LogP contribution in [0.2, 0.25) is 40.2 Å². The highest BCUT2D eigenvalue weighted by atomic mass is 35.5. The third-order valence-electron chi connectivity index (χ3n) is 14.2. The molecule has 21 nitrogen and oxygen atoms in total. The zero-order valence-electron chi connectivity index (χ0n) is 54.7. The Morgan fingerprint density at radius 3 is 1.23 bits per heavy atom. The number of rotatable bonds is 8. The quantitative estimate of drug-likeness (QED) is 0.110. The van der Waals surface area contributed by atoms with Crippen LogP contribution in [0.5, 0.6) is 23.0 Å². The molecule has 2 aromatic heterocycles. The van der Waals surface area contributed by atoms with E-state index in [0.29, 0.717) is 116 Å². The highest BCUT2D eigenvalue weighted by Crippen LogP contribution is 2.36. The number of phenols is 1. The first kappa shape index (κ1) is 82.6. The van der Waals surface area contributed by atoms with Crippen LogP contribution in [-0.2, 0) is 34.8 Å². The standard InChI is InChI=1S/C18H19Cl2N3O3.C16H21Cl2NO3.C11H13Cl2NO.C10H19NO3.C6H4Cl2O.C5H7N3O.ClH/c1-22-16(24)6-5-12(21-22)11-17(25)23-9-7-13(8-10-23)26-15-4-2-3-14(19)18(15)20;1-16(2,3)22-15(20)19-9-7-11(8-10-19)21-13-6-4-5-12(17)14(13)18;12-9-2-1-3-10(11(9)13)15-8-4-6-14-7-5-8;1-10(2,3)14-9(13)11-6-4-8(12)5-7-11;7-4-2-1-3-5(9)6(4)8;1-8-5(9)3-2-4(6)7-8;/h2-6,13H,7-11H2,1H3;4-6,11H,7-10H2,1-3H3;1-3,8,14H,4-7H2;8,12H,4-7H2,1-3H3;1-3,9H;2-3H,1H3,(H2,6,7);1H. The molecular formula is C66H84Cl9N9O12. The fourth-order valence-electron chi connectivity index (χ4n) is 9.18. The van der Waals surface area contributed by atoms with Crippen molar-refractivity contribution in [3.05, 3.63) is 164 Å². The van der Waals surface area contributed by atoms with E-state index >= 15 is 0 Å². The van der Waals surface area contributed by atoms with Crippen LogP contribution in [0.15, 0.2) is 107 Å². The zero-order valence-corrected chi connectivity index (χ0v) is 61.5. The van der Waals surface area contributed by atoms with Gasteiger partial charge in [0.25, 0.3) is 11.1 Å². The summed E-state index contributed by atoms with van der Waals surface area (Å²) in [6.45, 7) is 16.8. The molecule has 10 rings (SSSR count). The van der Waals surface area contributed by atoms with E-state index in [1.54, 1.807) is 89.5 Å². The number of carbonyl (C=O) groups is 3. The van der Waals surface area contributed by atoms with Gasteiger partial charge >= 0.3 is 12.2 Å². The number of carbonyl (C=O) groups excluding carboxylic acids is 3. The van der Waals surface area contributed by atoms with Crippen LogP contribution in [0.4, 0.5) is 15.4 Å². The summed E-state index contributed by atoms with van der Waals surface area (Å²) < 4.78 is 30.7. The number of anilines is 1. The number of nitrogens with one attached hydrogen (secondary N) is 1. The molecule has 3 amide bonds. The van der Waals surface area contributed by atoms with Crippen molar-refractivity contribution in [2.24, 2.45) is 14.1 Å². The second-order valence-electron chi connectivity index (χ2n) is 24.2. The first-order valence-corrected chi connectivity index (χ1v) is 33.7. The van der Waals surface area contributed by atoms with Gasteiger partial charge in [-0.3, -0.25) is 14.4 Å². The van der Waals surface area contributed by atoms with Crippen LogP contribution in [0.25, 0.3) is 0 Å². The number of nitrogen functional groups attached to an aromatic ring is 1. The van der Waals surface area contributed by atoms with Crippen molar-refractivity contribution in [1.29, 1.82) is 0 Å². The number of phenolic OH excluding ortho intramolecular Hbond substituents is 1. The van der Waals surface area contributed by atoms with E-state index in [-0.39, 0.29) is 83.2 Å². The normalized spacial score (nSPS) is 15.3. The predicted molar refractivity (Wildman–Crippen MR) is 383 cm³/mol. The number of likely N-dealkylation sites (tertiary alicyclic amines) is 3. The van der Waals surface area contributed by atoms with Gasteiger partial charge in [0, 0.05) is 91.2 Å². The van der Waals surface area contributed by atoms with Gasteiger partial charge in [0.2, 0.25) is 5.91 Å². The molecule has 4 aliphatic rings. The minimum atomic E-state index is -0.473. The molecule has 0 spiro atoms. The summed E-state index contributed by atoms with van der Waals surface area (Å²) in [4.78, 5) is 63.1. The maximum absolute atomic E-state index is 12.4. The van der Waals surface area contributed by atoms with Crippen molar-refractivity contribution >= 4 is 129 Å². The zero-order chi connectivity index (χ0) is 70.2. The van der Waals surface area contributed by atoms with Crippen molar-refractivity contribution < 1.29 is 48.3 Å². The van der Waals surface area contributed by atoms with E-state index in [9.17, 15) is 29.1 Å². The van der Waals surface area contributed by atoms with Gasteiger partial charge in [0.15, 0.2) is 0 Å². The number of piperidine rings is 4. The molecule has 0 saturated carbocycles. The van der Waals surface area contributed by atoms with E-state index in [4.69, 9.17) is 127 Å². The lowest BCUT2D eigenvalue weighted by Crippen LogP contribution is -2.44. The molecule has 96 heavy (non-hydrogen) atoms. The maximum atomic E-state index is 12.4. The van der Waals surface area contributed by atoms with Gasteiger partial charge in [-0.05, 0) is 141 Å². The molecule has 4 fully saturated rings. The Morgan fingerprint density at radius 1 is 0.510 bits per heavy atom. The van der Waals surface area contributed by atoms with Gasteiger partial charge in [-0.15, -0.1) is 12.4 Å². The molecule has 4 saturated heterocycles. The lowest BCUT2D eigenvalue weighted by molar-refractivity contribution is -0.132. The second-order valence-corrected chi connectivity index (χ2v) is 27.3. The Morgan fingerprint density at radius 2 is 0.865 bits per heavy atom. The number of halogens is 9. The summed E-state index contributed by atoms with van der Waals surface area (Å²) in [5.74, 6) is 2.22. The van der Waals surface area contributed by atoms with E-state index in [0.717, 1.165) is 51.6 Å². The fraction of sp³-hybridized carbons (Fsp3) is 0.470.